The summed E-state index contributed by atoms with van der Waals surface area (Å²) in [4.78, 5) is 8.85. The first-order valence-corrected chi connectivity index (χ1v) is 5.39. The van der Waals surface area contributed by atoms with E-state index in [9.17, 15) is 0 Å². The number of allylic oxidation sites excluding steroid dienone is 1. The molecule has 0 saturated heterocycles. The zero-order valence-electron chi connectivity index (χ0n) is 9.14. The molecule has 0 radical (unpaired) electrons. The molecule has 3 heteroatoms. The molecule has 1 unspecified atom stereocenters. The van der Waals surface area contributed by atoms with Gasteiger partial charge in [0, 0.05) is 11.8 Å². The van der Waals surface area contributed by atoms with E-state index in [-0.39, 0.29) is 11.8 Å². The van der Waals surface area contributed by atoms with Crippen LogP contribution in [0.25, 0.3) is 0 Å². The fraction of sp³-hybridized carbons (Fsp3) is 0.231. The SMILES string of the molecule is C=C1N=C(N)C(C)[C@@H]2C1=Nc1ccccc12. The van der Waals surface area contributed by atoms with E-state index in [1.54, 1.807) is 0 Å². The van der Waals surface area contributed by atoms with E-state index in [1.807, 2.05) is 18.2 Å². The van der Waals surface area contributed by atoms with Crippen LogP contribution in [0.15, 0.2) is 46.5 Å². The third-order valence-electron chi connectivity index (χ3n) is 3.33. The molecule has 2 aliphatic rings. The van der Waals surface area contributed by atoms with Crippen LogP contribution in [0.2, 0.25) is 0 Å². The Morgan fingerprint density at radius 3 is 2.81 bits per heavy atom. The smallest absolute Gasteiger partial charge is 0.104 e. The number of rotatable bonds is 0. The average molecular weight is 211 g/mol. The summed E-state index contributed by atoms with van der Waals surface area (Å²) < 4.78 is 0. The highest BCUT2D eigenvalue weighted by Gasteiger charge is 2.37. The van der Waals surface area contributed by atoms with Crippen molar-refractivity contribution in [1.82, 2.24) is 0 Å². The monoisotopic (exact) mass is 211 g/mol. The quantitative estimate of drug-likeness (QED) is 0.703. The van der Waals surface area contributed by atoms with Gasteiger partial charge in [0.15, 0.2) is 0 Å². The molecule has 3 nitrogen and oxygen atoms in total. The zero-order valence-corrected chi connectivity index (χ0v) is 9.14. The van der Waals surface area contributed by atoms with Gasteiger partial charge in [0.1, 0.15) is 5.84 Å². The highest BCUT2D eigenvalue weighted by Crippen LogP contribution is 2.43. The Kier molecular flexibility index (Phi) is 1.78. The number of nitrogens with zero attached hydrogens (tertiary/aromatic N) is 2. The lowest BCUT2D eigenvalue weighted by Gasteiger charge is -2.26. The Bertz CT molecular complexity index is 540. The van der Waals surface area contributed by atoms with Gasteiger partial charge in [-0.15, -0.1) is 0 Å². The van der Waals surface area contributed by atoms with Crippen LogP contribution >= 0.6 is 0 Å². The second-order valence-electron chi connectivity index (χ2n) is 4.31. The van der Waals surface area contributed by atoms with E-state index in [4.69, 9.17) is 5.73 Å². The Balaban J connectivity index is 2.20. The molecular weight excluding hydrogens is 198 g/mol. The predicted molar refractivity (Wildman–Crippen MR) is 66.2 cm³/mol. The first-order valence-electron chi connectivity index (χ1n) is 5.39. The second-order valence-corrected chi connectivity index (χ2v) is 4.31. The van der Waals surface area contributed by atoms with E-state index < -0.39 is 0 Å². The highest BCUT2D eigenvalue weighted by molar-refractivity contribution is 6.14. The number of aliphatic imine (C=N–C) groups is 2. The van der Waals surface area contributed by atoms with Crippen LogP contribution in [0.3, 0.4) is 0 Å². The van der Waals surface area contributed by atoms with Gasteiger partial charge in [-0.1, -0.05) is 31.7 Å². The van der Waals surface area contributed by atoms with Crippen molar-refractivity contribution in [3.8, 4) is 0 Å². The summed E-state index contributed by atoms with van der Waals surface area (Å²) in [6.45, 7) is 6.02. The summed E-state index contributed by atoms with van der Waals surface area (Å²) in [7, 11) is 0. The Hall–Kier alpha value is -1.90. The van der Waals surface area contributed by atoms with E-state index in [1.165, 1.54) is 5.56 Å². The zero-order chi connectivity index (χ0) is 11.3. The third-order valence-corrected chi connectivity index (χ3v) is 3.33. The number of benzene rings is 1. The number of hydrogen-bond acceptors (Lipinski definition) is 3. The molecule has 0 aliphatic carbocycles. The van der Waals surface area contributed by atoms with Gasteiger partial charge in [0.05, 0.1) is 17.1 Å². The van der Waals surface area contributed by atoms with Crippen LogP contribution in [0.5, 0.6) is 0 Å². The van der Waals surface area contributed by atoms with E-state index >= 15 is 0 Å². The van der Waals surface area contributed by atoms with Crippen molar-refractivity contribution < 1.29 is 0 Å². The maximum atomic E-state index is 5.92. The maximum Gasteiger partial charge on any atom is 0.104 e. The maximum absolute atomic E-state index is 5.92. The summed E-state index contributed by atoms with van der Waals surface area (Å²) in [6.07, 6.45) is 0. The summed E-state index contributed by atoms with van der Waals surface area (Å²) in [5.74, 6) is 1.10. The lowest BCUT2D eigenvalue weighted by Crippen LogP contribution is -2.34. The number of hydrogen-bond donors (Lipinski definition) is 1. The van der Waals surface area contributed by atoms with Crippen LogP contribution in [-0.4, -0.2) is 11.5 Å². The summed E-state index contributed by atoms with van der Waals surface area (Å²) >= 11 is 0. The van der Waals surface area contributed by atoms with Crippen LogP contribution < -0.4 is 5.73 Å². The molecule has 0 fully saturated rings. The fourth-order valence-electron chi connectivity index (χ4n) is 2.43. The molecule has 0 bridgehead atoms. The van der Waals surface area contributed by atoms with Crippen LogP contribution in [0, 0.1) is 5.92 Å². The van der Waals surface area contributed by atoms with Crippen molar-refractivity contribution >= 4 is 17.2 Å². The van der Waals surface area contributed by atoms with E-state index in [0.717, 1.165) is 11.4 Å². The third kappa shape index (κ3) is 1.08. The van der Waals surface area contributed by atoms with Gasteiger partial charge in [0.2, 0.25) is 0 Å². The van der Waals surface area contributed by atoms with Crippen LogP contribution in [-0.2, 0) is 0 Å². The van der Waals surface area contributed by atoms with Gasteiger partial charge in [-0.25, -0.2) is 4.99 Å². The van der Waals surface area contributed by atoms with Gasteiger partial charge < -0.3 is 5.73 Å². The first kappa shape index (κ1) is 9.33. The van der Waals surface area contributed by atoms with Gasteiger partial charge in [0.25, 0.3) is 0 Å². The standard InChI is InChI=1S/C13H13N3/c1-7-11-9-5-3-4-6-10(9)16-12(11)8(2)15-13(7)14/h3-7,11H,2H2,1H3,(H2,14,15)/t7?,11-/m0/s1. The van der Waals surface area contributed by atoms with Crippen molar-refractivity contribution in [2.75, 3.05) is 0 Å². The average Bonchev–Trinajstić information content (AvgIpc) is 2.66. The summed E-state index contributed by atoms with van der Waals surface area (Å²) in [5, 5.41) is 0. The molecule has 1 aromatic rings. The minimum Gasteiger partial charge on any atom is -0.387 e. The molecular formula is C13H13N3. The fourth-order valence-corrected chi connectivity index (χ4v) is 2.43. The molecule has 2 heterocycles. The molecule has 80 valence electrons. The molecule has 1 aromatic carbocycles. The molecule has 3 rings (SSSR count). The summed E-state index contributed by atoms with van der Waals surface area (Å²) in [6, 6.07) is 8.17. The van der Waals surface area contributed by atoms with Crippen LogP contribution in [0.4, 0.5) is 5.69 Å². The normalized spacial score (nSPS) is 26.9. The van der Waals surface area contributed by atoms with Crippen molar-refractivity contribution in [1.29, 1.82) is 0 Å². The Morgan fingerprint density at radius 2 is 2.00 bits per heavy atom. The van der Waals surface area contributed by atoms with Crippen molar-refractivity contribution in [2.45, 2.75) is 12.8 Å². The van der Waals surface area contributed by atoms with E-state index in [2.05, 4.69) is 29.6 Å². The van der Waals surface area contributed by atoms with Crippen molar-refractivity contribution in [2.24, 2.45) is 21.6 Å². The molecule has 0 aromatic heterocycles. The van der Waals surface area contributed by atoms with E-state index in [0.29, 0.717) is 11.5 Å². The number of para-hydroxylation sites is 1. The number of amidine groups is 1. The topological polar surface area (TPSA) is 50.7 Å². The Morgan fingerprint density at radius 1 is 1.25 bits per heavy atom. The molecule has 0 amide bonds. The number of nitrogens with two attached hydrogens (primary N) is 1. The van der Waals surface area contributed by atoms with Gasteiger partial charge >= 0.3 is 0 Å². The molecule has 2 atom stereocenters. The second kappa shape index (κ2) is 3.04. The number of fused-ring (bicyclic) bond motifs is 3. The molecule has 0 saturated carbocycles. The highest BCUT2D eigenvalue weighted by atomic mass is 15.0. The molecule has 16 heavy (non-hydrogen) atoms. The van der Waals surface area contributed by atoms with Crippen LogP contribution in [0.1, 0.15) is 18.4 Å². The lowest BCUT2D eigenvalue weighted by atomic mass is 9.81. The summed E-state index contributed by atoms with van der Waals surface area (Å²) in [5.41, 5.74) is 9.86. The first-order chi connectivity index (χ1) is 7.68. The van der Waals surface area contributed by atoms with Gasteiger partial charge in [-0.2, -0.15) is 0 Å². The molecule has 2 aliphatic heterocycles. The van der Waals surface area contributed by atoms with Gasteiger partial charge in [-0.05, 0) is 11.6 Å². The minimum absolute atomic E-state index is 0.202. The minimum atomic E-state index is 0.202. The predicted octanol–water partition coefficient (Wildman–Crippen LogP) is 2.38. The van der Waals surface area contributed by atoms with Crippen molar-refractivity contribution in [3.63, 3.8) is 0 Å². The Labute approximate surface area is 94.4 Å². The molecule has 0 spiro atoms. The van der Waals surface area contributed by atoms with Gasteiger partial charge in [-0.3, -0.25) is 4.99 Å². The van der Waals surface area contributed by atoms with Crippen molar-refractivity contribution in [3.05, 3.63) is 42.1 Å². The largest absolute Gasteiger partial charge is 0.387 e. The molecule has 2 N–H and O–H groups in total. The lowest BCUT2D eigenvalue weighted by molar-refractivity contribution is 0.701.